The predicted molar refractivity (Wildman–Crippen MR) is 191 cm³/mol. The molecule has 0 bridgehead atoms. The number of fused-ring (bicyclic) bond motifs is 5. The van der Waals surface area contributed by atoms with E-state index in [1.807, 2.05) is 6.08 Å². The molecule has 4 amide bonds. The van der Waals surface area contributed by atoms with Crippen LogP contribution in [0.5, 0.6) is 11.5 Å². The number of benzene rings is 1. The maximum Gasteiger partial charge on any atom is 0.422 e. The third-order valence-electron chi connectivity index (χ3n) is 11.6. The number of amides is 4. The molecular weight excluding hydrogens is 747 g/mol. The van der Waals surface area contributed by atoms with Gasteiger partial charge in [0.15, 0.2) is 6.61 Å². The number of carbonyl (C=O) groups excluding carboxylic acids is 3. The van der Waals surface area contributed by atoms with Crippen LogP contribution in [0.15, 0.2) is 30.4 Å². The summed E-state index contributed by atoms with van der Waals surface area (Å²) in [7, 11) is -4.05. The van der Waals surface area contributed by atoms with E-state index in [1.54, 1.807) is 26.0 Å². The first-order chi connectivity index (χ1) is 25.8. The van der Waals surface area contributed by atoms with Gasteiger partial charge >= 0.3 is 12.3 Å². The van der Waals surface area contributed by atoms with Crippen LogP contribution in [0.3, 0.4) is 0 Å². The van der Waals surface area contributed by atoms with Gasteiger partial charge in [0.2, 0.25) is 21.8 Å². The van der Waals surface area contributed by atoms with Crippen LogP contribution in [0.2, 0.25) is 0 Å². The number of sulfonamides is 1. The molecule has 0 unspecified atom stereocenters. The molecule has 3 aliphatic heterocycles. The molecule has 55 heavy (non-hydrogen) atoms. The molecule has 1 aromatic carbocycles. The second kappa shape index (κ2) is 13.8. The second-order valence-electron chi connectivity index (χ2n) is 15.8. The van der Waals surface area contributed by atoms with E-state index in [-0.39, 0.29) is 38.0 Å². The molecule has 298 valence electrons. The van der Waals surface area contributed by atoms with E-state index < -0.39 is 80.5 Å². The van der Waals surface area contributed by atoms with Crippen molar-refractivity contribution in [2.75, 3.05) is 13.2 Å². The van der Waals surface area contributed by atoms with Crippen molar-refractivity contribution in [1.82, 2.24) is 25.2 Å². The summed E-state index contributed by atoms with van der Waals surface area (Å²) in [5, 5.41) is 15.3. The van der Waals surface area contributed by atoms with Crippen LogP contribution in [0.4, 0.5) is 18.0 Å². The summed E-state index contributed by atoms with van der Waals surface area (Å²) in [5.41, 5.74) is -1.10. The summed E-state index contributed by atoms with van der Waals surface area (Å²) >= 11 is 0. The van der Waals surface area contributed by atoms with Crippen LogP contribution in [0.1, 0.15) is 82.4 Å². The molecule has 5 atom stereocenters. The first-order valence-electron chi connectivity index (χ1n) is 18.5. The fourth-order valence-electron chi connectivity index (χ4n) is 8.07. The molecule has 3 fully saturated rings. The maximum absolute atomic E-state index is 14.5. The quantitative estimate of drug-likeness (QED) is 0.309. The number of aryl methyl sites for hydroxylation is 2. The highest BCUT2D eigenvalue weighted by atomic mass is 32.2. The van der Waals surface area contributed by atoms with E-state index in [9.17, 15) is 45.9 Å². The van der Waals surface area contributed by atoms with Gasteiger partial charge in [-0.05, 0) is 83.4 Å². The van der Waals surface area contributed by atoms with Gasteiger partial charge in [-0.25, -0.2) is 18.2 Å². The van der Waals surface area contributed by atoms with Gasteiger partial charge < -0.3 is 30.1 Å². The number of allylic oxidation sites excluding steroid dienone is 1. The van der Waals surface area contributed by atoms with Crippen LogP contribution in [0, 0.1) is 12.8 Å². The fraction of sp³-hybridized carbons (Fsp3) is 0.595. The fourth-order valence-corrected chi connectivity index (χ4v) is 9.39. The van der Waals surface area contributed by atoms with Gasteiger partial charge in [0.05, 0.1) is 22.5 Å². The molecule has 1 saturated heterocycles. The number of ether oxygens (including phenoxy) is 2. The maximum atomic E-state index is 14.5. The highest BCUT2D eigenvalue weighted by Gasteiger charge is 2.64. The first kappa shape index (κ1) is 38.7. The number of aromatic nitrogens is 1. The summed E-state index contributed by atoms with van der Waals surface area (Å²) in [4.78, 5) is 60.4. The number of nitrogens with one attached hydrogen (secondary N) is 3. The molecule has 1 aromatic heterocycles. The van der Waals surface area contributed by atoms with Crippen LogP contribution >= 0.6 is 0 Å². The van der Waals surface area contributed by atoms with Crippen LogP contribution in [-0.2, 0) is 30.8 Å². The molecule has 14 nitrogen and oxygen atoms in total. The van der Waals surface area contributed by atoms with Crippen molar-refractivity contribution >= 4 is 44.7 Å². The molecule has 2 aliphatic carbocycles. The lowest BCUT2D eigenvalue weighted by Gasteiger charge is -2.36. The largest absolute Gasteiger partial charge is 0.484 e. The molecule has 0 radical (unpaired) electrons. The van der Waals surface area contributed by atoms with Gasteiger partial charge in [0.1, 0.15) is 34.7 Å². The number of pyridine rings is 1. The summed E-state index contributed by atoms with van der Waals surface area (Å²) < 4.78 is 77.8. The Bertz CT molecular complexity index is 2070. The van der Waals surface area contributed by atoms with Crippen molar-refractivity contribution in [3.05, 3.63) is 41.6 Å². The third-order valence-corrected chi connectivity index (χ3v) is 13.8. The third kappa shape index (κ3) is 7.65. The Morgan fingerprint density at radius 2 is 1.91 bits per heavy atom. The topological polar surface area (TPSA) is 193 Å². The molecular formula is C37H44F3N5O9S. The predicted octanol–water partition coefficient (Wildman–Crippen LogP) is 4.18. The lowest BCUT2D eigenvalue weighted by Crippen LogP contribution is -2.58. The van der Waals surface area contributed by atoms with Gasteiger partial charge in [-0.15, -0.1) is 0 Å². The van der Waals surface area contributed by atoms with E-state index in [0.717, 1.165) is 6.42 Å². The second-order valence-corrected chi connectivity index (χ2v) is 18.0. The van der Waals surface area contributed by atoms with Crippen molar-refractivity contribution in [2.24, 2.45) is 5.92 Å². The highest BCUT2D eigenvalue weighted by Crippen LogP contribution is 2.49. The van der Waals surface area contributed by atoms with E-state index in [1.165, 1.54) is 17.0 Å². The zero-order valence-corrected chi connectivity index (χ0v) is 31.3. The van der Waals surface area contributed by atoms with Crippen molar-refractivity contribution in [1.29, 1.82) is 0 Å². The summed E-state index contributed by atoms with van der Waals surface area (Å²) in [6, 6.07) is 2.02. The number of nitrogens with zero attached hydrogens (tertiary/aromatic N) is 2. The van der Waals surface area contributed by atoms with Gasteiger partial charge in [0, 0.05) is 23.3 Å². The smallest absolute Gasteiger partial charge is 0.422 e. The Morgan fingerprint density at radius 1 is 1.15 bits per heavy atom. The highest BCUT2D eigenvalue weighted by molar-refractivity contribution is 7.91. The van der Waals surface area contributed by atoms with Crippen molar-refractivity contribution in [3.8, 4) is 11.5 Å². The minimum atomic E-state index is -4.54. The minimum Gasteiger partial charge on any atom is -0.484 e. The zero-order chi connectivity index (χ0) is 39.6. The Morgan fingerprint density at radius 3 is 2.62 bits per heavy atom. The van der Waals surface area contributed by atoms with Gasteiger partial charge in [-0.1, -0.05) is 25.0 Å². The normalized spacial score (nSPS) is 29.1. The molecule has 5 aliphatic rings. The number of carbonyl (C=O) groups is 4. The van der Waals surface area contributed by atoms with Gasteiger partial charge in [0.25, 0.3) is 5.91 Å². The number of hydrogen-bond acceptors (Lipinski definition) is 9. The Labute approximate surface area is 315 Å². The Balaban J connectivity index is 1.22. The molecule has 7 rings (SSSR count). The minimum absolute atomic E-state index is 0.00537. The number of hydrogen-bond donors (Lipinski definition) is 4. The molecule has 4 N–H and O–H groups in total. The lowest BCUT2D eigenvalue weighted by atomic mass is 9.87. The Hall–Kier alpha value is -4.61. The first-order valence-corrected chi connectivity index (χ1v) is 20.0. The van der Waals surface area contributed by atoms with Crippen molar-refractivity contribution < 1.29 is 55.3 Å². The van der Waals surface area contributed by atoms with Crippen LogP contribution in [-0.4, -0.2) is 94.5 Å². The summed E-state index contributed by atoms with van der Waals surface area (Å²) in [6.45, 7) is 1.66. The molecule has 1 spiro atoms. The molecule has 4 heterocycles. The standard InChI is InChI=1S/C37H44F3N5O9S/c1-21-29-24(25-16-23(10-11-26(25)41-21)53-20-37(38,39)40)12-13-35(54-29)18-28-30(46)43-36(32(48)44-55(51,52)34(2)14-15-34)17-22(36)8-6-4-3-5-7-9-27(42-33(49)50)31(47)45(28)19-35/h6,8,10-11,16,22,27-28,42H,3-5,7,9,12-15,17-20H2,1-2H3,(H,43,46)(H,44,48)(H,49,50)/t22-,27+,28+,35-,36-/m1/s1. The van der Waals surface area contributed by atoms with E-state index >= 15 is 0 Å². The lowest BCUT2D eigenvalue weighted by molar-refractivity contribution is -0.153. The van der Waals surface area contributed by atoms with Gasteiger partial charge in [-0.2, -0.15) is 13.2 Å². The van der Waals surface area contributed by atoms with E-state index in [4.69, 9.17) is 9.47 Å². The SMILES string of the molecule is Cc1nc2ccc(OCC(F)(F)F)cc2c2c1O[C@]1(CC2)C[C@H]2C(=O)N[C@]3(C(=O)NS(=O)(=O)C4(C)CC4)C[C@H]3C=CCCCCC[C@H](NC(=O)O)C(=O)N2C1. The van der Waals surface area contributed by atoms with E-state index in [2.05, 4.69) is 20.3 Å². The van der Waals surface area contributed by atoms with Gasteiger partial charge in [-0.3, -0.25) is 19.1 Å². The average molecular weight is 792 g/mol. The average Bonchev–Trinajstić information content (AvgIpc) is 4.00. The molecule has 18 heteroatoms. The summed E-state index contributed by atoms with van der Waals surface area (Å²) in [6.07, 6.45) is 1.94. The number of alkyl halides is 3. The molecule has 2 saturated carbocycles. The number of rotatable bonds is 6. The van der Waals surface area contributed by atoms with Crippen molar-refractivity contribution in [2.45, 2.75) is 119 Å². The van der Waals surface area contributed by atoms with Crippen LogP contribution in [0.25, 0.3) is 10.9 Å². The van der Waals surface area contributed by atoms with E-state index in [0.29, 0.717) is 66.4 Å². The number of halogens is 3. The van der Waals surface area contributed by atoms with Crippen molar-refractivity contribution in [3.63, 3.8) is 0 Å². The number of carboxylic acid groups (broad SMARTS) is 1. The summed E-state index contributed by atoms with van der Waals surface area (Å²) in [5.74, 6) is -2.38. The molecule has 2 aromatic rings. The Kier molecular flexibility index (Phi) is 9.73. The zero-order valence-electron chi connectivity index (χ0n) is 30.5. The van der Waals surface area contributed by atoms with Crippen LogP contribution < -0.4 is 24.8 Å². The monoisotopic (exact) mass is 791 g/mol.